The summed E-state index contributed by atoms with van der Waals surface area (Å²) in [6.07, 6.45) is 1.86. The summed E-state index contributed by atoms with van der Waals surface area (Å²) in [7, 11) is -2.52. The van der Waals surface area contributed by atoms with Gasteiger partial charge in [-0.2, -0.15) is 0 Å². The maximum atomic E-state index is 7.24. The topological polar surface area (TPSA) is 46.2 Å². The van der Waals surface area contributed by atoms with E-state index >= 15 is 0 Å². The molecule has 2 heterocycles. The lowest BCUT2D eigenvalue weighted by Crippen LogP contribution is -2.49. The highest BCUT2D eigenvalue weighted by atomic mass is 28.4. The van der Waals surface area contributed by atoms with Crippen LogP contribution in [0.5, 0.6) is 0 Å². The monoisotopic (exact) mass is 620 g/mol. The summed E-state index contributed by atoms with van der Waals surface area (Å²) in [6.45, 7) is 28.4. The first-order valence-electron chi connectivity index (χ1n) is 16.9. The second-order valence-electron chi connectivity index (χ2n) is 15.7. The molecule has 2 aromatic rings. The van der Waals surface area contributed by atoms with E-state index in [2.05, 4.69) is 139 Å². The lowest BCUT2D eigenvalue weighted by atomic mass is 9.76. The van der Waals surface area contributed by atoms with E-state index in [1.165, 1.54) is 11.1 Å². The number of rotatable bonds is 12. The fraction of sp³-hybridized carbons (Fsp3) is 0.667. The van der Waals surface area contributed by atoms with Crippen LogP contribution in [-0.2, 0) is 35.9 Å². The number of hydrogen-bond acceptors (Lipinski definition) is 5. The molecule has 4 rings (SSSR count). The summed E-state index contributed by atoms with van der Waals surface area (Å²) in [4.78, 5) is 0. The third-order valence-electron chi connectivity index (χ3n) is 11.4. The third kappa shape index (κ3) is 7.26. The van der Waals surface area contributed by atoms with Crippen LogP contribution >= 0.6 is 0 Å². The zero-order valence-electron chi connectivity index (χ0n) is 29.9. The van der Waals surface area contributed by atoms with Crippen molar-refractivity contribution in [3.05, 3.63) is 59.7 Å². The minimum atomic E-state index is -1.82. The summed E-state index contributed by atoms with van der Waals surface area (Å²) < 4.78 is 32.5. The van der Waals surface area contributed by atoms with Gasteiger partial charge in [0.25, 0.3) is 0 Å². The van der Waals surface area contributed by atoms with E-state index in [1.54, 1.807) is 0 Å². The average molecular weight is 621 g/mol. The van der Waals surface area contributed by atoms with Crippen LogP contribution in [0.25, 0.3) is 0 Å². The Balaban J connectivity index is 1.56. The van der Waals surface area contributed by atoms with Crippen LogP contribution < -0.4 is 10.9 Å². The van der Waals surface area contributed by atoms with E-state index < -0.39 is 8.32 Å². The SMILES string of the molecule is CC[Si](CC)(CC)OC(C)(C)C(Cc1ccc(B2OC(C)(C)C(C)(C)O2)cc1)Cc1ccc(B2OC(C)(C)C(C)(C)O2)cc1. The van der Waals surface area contributed by atoms with E-state index in [9.17, 15) is 0 Å². The van der Waals surface area contributed by atoms with E-state index in [0.717, 1.165) is 41.9 Å². The van der Waals surface area contributed by atoms with Crippen molar-refractivity contribution in [1.29, 1.82) is 0 Å². The molecule has 0 atom stereocenters. The van der Waals surface area contributed by atoms with Gasteiger partial charge in [-0.05, 0) is 128 Å². The van der Waals surface area contributed by atoms with Crippen molar-refractivity contribution in [2.75, 3.05) is 0 Å². The molecule has 0 aliphatic carbocycles. The molecular formula is C36H58B2O5Si. The maximum absolute atomic E-state index is 7.24. The van der Waals surface area contributed by atoms with E-state index in [0.29, 0.717) is 5.92 Å². The molecule has 0 N–H and O–H groups in total. The lowest BCUT2D eigenvalue weighted by Gasteiger charge is -2.43. The first-order chi connectivity index (χ1) is 20.3. The fourth-order valence-corrected chi connectivity index (χ4v) is 9.54. The molecule has 2 aromatic carbocycles. The molecule has 0 amide bonds. The molecule has 2 saturated heterocycles. The Kier molecular flexibility index (Phi) is 10.2. The van der Waals surface area contributed by atoms with Crippen LogP contribution in [0, 0.1) is 5.92 Å². The van der Waals surface area contributed by atoms with Crippen molar-refractivity contribution < 1.29 is 23.0 Å². The van der Waals surface area contributed by atoms with Crippen molar-refractivity contribution >= 4 is 33.5 Å². The van der Waals surface area contributed by atoms with Crippen LogP contribution in [0.2, 0.25) is 18.1 Å². The van der Waals surface area contributed by atoms with Crippen LogP contribution in [0.3, 0.4) is 0 Å². The standard InChI is InChI=1S/C36H58B2O5Si/c1-14-44(15-2,16-3)43-32(4,5)29(25-27-17-21-30(22-18-27)37-39-33(6,7)34(8,9)40-37)26-28-19-23-31(24-20-28)38-41-35(10,11)36(12,13)42-38/h17-24,29H,14-16,25-26H2,1-13H3. The average Bonchev–Trinajstić information content (AvgIpc) is 3.31. The van der Waals surface area contributed by atoms with Gasteiger partial charge in [0.15, 0.2) is 8.32 Å². The second kappa shape index (κ2) is 12.7. The van der Waals surface area contributed by atoms with Gasteiger partial charge in [-0.25, -0.2) is 0 Å². The predicted molar refractivity (Wildman–Crippen MR) is 188 cm³/mol. The van der Waals surface area contributed by atoms with Crippen molar-refractivity contribution in [2.24, 2.45) is 5.92 Å². The first-order valence-corrected chi connectivity index (χ1v) is 19.4. The normalized spacial score (nSPS) is 21.0. The Hall–Kier alpha value is -1.41. The molecule has 0 unspecified atom stereocenters. The summed E-state index contributed by atoms with van der Waals surface area (Å²) in [5.41, 5.74) is 3.05. The molecule has 2 aliphatic rings. The molecule has 0 bridgehead atoms. The van der Waals surface area contributed by atoms with Crippen LogP contribution in [0.4, 0.5) is 0 Å². The van der Waals surface area contributed by atoms with E-state index in [1.807, 2.05) is 0 Å². The fourth-order valence-electron chi connectivity index (χ4n) is 6.32. The molecule has 242 valence electrons. The molecule has 8 heteroatoms. The summed E-state index contributed by atoms with van der Waals surface area (Å²) in [5, 5.41) is 0. The number of hydrogen-bond donors (Lipinski definition) is 0. The van der Waals surface area contributed by atoms with Gasteiger partial charge < -0.3 is 23.0 Å². The molecular weight excluding hydrogens is 562 g/mol. The van der Waals surface area contributed by atoms with Gasteiger partial charge in [-0.15, -0.1) is 0 Å². The molecule has 0 radical (unpaired) electrons. The van der Waals surface area contributed by atoms with Crippen LogP contribution in [-0.4, -0.2) is 50.6 Å². The van der Waals surface area contributed by atoms with Crippen molar-refractivity contribution in [2.45, 2.75) is 149 Å². The smallest absolute Gasteiger partial charge is 0.412 e. The minimum Gasteiger partial charge on any atom is -0.412 e. The Morgan fingerprint density at radius 1 is 0.591 bits per heavy atom. The lowest BCUT2D eigenvalue weighted by molar-refractivity contribution is 0.00578. The van der Waals surface area contributed by atoms with Gasteiger partial charge in [-0.3, -0.25) is 0 Å². The van der Waals surface area contributed by atoms with Gasteiger partial charge in [-0.1, -0.05) is 69.3 Å². The zero-order chi connectivity index (χ0) is 32.8. The Morgan fingerprint density at radius 2 is 0.886 bits per heavy atom. The van der Waals surface area contributed by atoms with Crippen LogP contribution in [0.15, 0.2) is 48.5 Å². The second-order valence-corrected chi connectivity index (χ2v) is 20.4. The van der Waals surface area contributed by atoms with E-state index in [4.69, 9.17) is 23.0 Å². The first kappa shape index (κ1) is 35.4. The zero-order valence-corrected chi connectivity index (χ0v) is 30.9. The van der Waals surface area contributed by atoms with Gasteiger partial charge in [0.05, 0.1) is 28.0 Å². The molecule has 2 aliphatic heterocycles. The molecule has 5 nitrogen and oxygen atoms in total. The van der Waals surface area contributed by atoms with E-state index in [-0.39, 0.29) is 42.2 Å². The van der Waals surface area contributed by atoms with Crippen molar-refractivity contribution in [3.63, 3.8) is 0 Å². The number of benzene rings is 2. The molecule has 0 saturated carbocycles. The highest BCUT2D eigenvalue weighted by Crippen LogP contribution is 2.39. The molecule has 0 aromatic heterocycles. The van der Waals surface area contributed by atoms with Gasteiger partial charge >= 0.3 is 14.2 Å². The largest absolute Gasteiger partial charge is 0.494 e. The maximum Gasteiger partial charge on any atom is 0.494 e. The summed E-state index contributed by atoms with van der Waals surface area (Å²) >= 11 is 0. The van der Waals surface area contributed by atoms with Crippen molar-refractivity contribution in [1.82, 2.24) is 0 Å². The quantitative estimate of drug-likeness (QED) is 0.230. The Labute approximate surface area is 270 Å². The van der Waals surface area contributed by atoms with Gasteiger partial charge in [0.2, 0.25) is 0 Å². The highest BCUT2D eigenvalue weighted by Gasteiger charge is 2.52. The third-order valence-corrected chi connectivity index (χ3v) is 16.2. The highest BCUT2D eigenvalue weighted by molar-refractivity contribution is 6.73. The molecule has 44 heavy (non-hydrogen) atoms. The Morgan fingerprint density at radius 3 is 1.16 bits per heavy atom. The van der Waals surface area contributed by atoms with Crippen molar-refractivity contribution in [3.8, 4) is 0 Å². The minimum absolute atomic E-state index is 0.275. The van der Waals surface area contributed by atoms with Crippen LogP contribution in [0.1, 0.15) is 101 Å². The Bertz CT molecular complexity index is 1130. The molecule has 0 spiro atoms. The van der Waals surface area contributed by atoms with Gasteiger partial charge in [0.1, 0.15) is 0 Å². The molecule has 2 fully saturated rings. The predicted octanol–water partition coefficient (Wildman–Crippen LogP) is 7.49. The summed E-state index contributed by atoms with van der Waals surface area (Å²) in [5.74, 6) is 0.296. The summed E-state index contributed by atoms with van der Waals surface area (Å²) in [6, 6.07) is 21.1. The van der Waals surface area contributed by atoms with Gasteiger partial charge in [0, 0.05) is 0 Å².